The topological polar surface area (TPSA) is 142 Å². The molecule has 10 nitrogen and oxygen atoms in total. The number of benzene rings is 2. The molecule has 2 aromatic carbocycles. The second-order valence-corrected chi connectivity index (χ2v) is 11.3. The number of aliphatic hydroxyl groups excluding tert-OH is 1. The fraction of sp³-hybridized carbons (Fsp3) is 0.344. The van der Waals surface area contributed by atoms with Crippen molar-refractivity contribution >= 4 is 63.8 Å². The van der Waals surface area contributed by atoms with Gasteiger partial charge in [-0.1, -0.05) is 35.3 Å². The average Bonchev–Trinajstić information content (AvgIpc) is 3.86. The predicted octanol–water partition coefficient (Wildman–Crippen LogP) is 5.77. The number of esters is 3. The molecule has 2 aromatic rings. The molecule has 0 radical (unpaired) electrons. The van der Waals surface area contributed by atoms with E-state index in [4.69, 9.17) is 37.4 Å². The molecule has 232 valence electrons. The molecule has 0 amide bonds. The molecule has 0 bridgehead atoms. The van der Waals surface area contributed by atoms with Gasteiger partial charge in [-0.15, -0.1) is 0 Å². The highest BCUT2D eigenvalue weighted by atomic mass is 35.5. The fourth-order valence-electron chi connectivity index (χ4n) is 5.37. The SMILES string of the molecule is CC(=O)OC(C)=O.COc1cccc(Cl)c1C1=C(O)C2CC2C1=O.COc1cccc(Cl)c1C1=C(OC(C)=O)C2CC2C1=O. The van der Waals surface area contributed by atoms with E-state index < -0.39 is 17.9 Å². The maximum atomic E-state index is 12.4. The van der Waals surface area contributed by atoms with Crippen LogP contribution in [0.2, 0.25) is 10.0 Å². The lowest BCUT2D eigenvalue weighted by atomic mass is 10.00. The first-order valence-electron chi connectivity index (χ1n) is 13.6. The molecule has 4 unspecified atom stereocenters. The van der Waals surface area contributed by atoms with E-state index >= 15 is 0 Å². The van der Waals surface area contributed by atoms with Crippen LogP contribution in [-0.2, 0) is 33.4 Å². The Labute approximate surface area is 263 Å². The molecule has 4 aliphatic rings. The summed E-state index contributed by atoms with van der Waals surface area (Å²) in [4.78, 5) is 55.3. The van der Waals surface area contributed by atoms with Crippen molar-refractivity contribution in [3.63, 3.8) is 0 Å². The summed E-state index contributed by atoms with van der Waals surface area (Å²) in [5, 5.41) is 10.9. The van der Waals surface area contributed by atoms with Crippen molar-refractivity contribution in [2.45, 2.75) is 33.6 Å². The van der Waals surface area contributed by atoms with E-state index in [0.717, 1.165) is 12.8 Å². The van der Waals surface area contributed by atoms with Gasteiger partial charge in [0.15, 0.2) is 11.6 Å². The number of hydrogen-bond donors (Lipinski definition) is 1. The molecule has 0 aliphatic heterocycles. The maximum Gasteiger partial charge on any atom is 0.310 e. The zero-order valence-electron chi connectivity index (χ0n) is 24.6. The number of fused-ring (bicyclic) bond motifs is 2. The molecule has 0 saturated heterocycles. The molecule has 0 aromatic heterocycles. The number of allylic oxidation sites excluding steroid dienone is 4. The summed E-state index contributed by atoms with van der Waals surface area (Å²) in [7, 11) is 3.04. The largest absolute Gasteiger partial charge is 0.511 e. The molecule has 2 fully saturated rings. The first kappa shape index (κ1) is 32.8. The van der Waals surface area contributed by atoms with E-state index in [1.165, 1.54) is 35.0 Å². The minimum absolute atomic E-state index is 0.0125. The molecule has 12 heteroatoms. The van der Waals surface area contributed by atoms with Gasteiger partial charge in [-0.3, -0.25) is 24.0 Å². The Hall–Kier alpha value is -4.15. The lowest BCUT2D eigenvalue weighted by Gasteiger charge is -2.14. The molecule has 4 atom stereocenters. The Kier molecular flexibility index (Phi) is 9.85. The standard InChI is InChI=1S/C15H13ClO4.C13H11ClO3.C4H6O3/c1-7(17)20-15-9-6-8(9)14(18)13(15)12-10(16)4-3-5-11(12)19-2;1-17-9-4-2-3-8(14)10(9)11-12(15)6-5-7(6)13(11)16;1-3(5)7-4(2)6/h3-5,8-9H,6H2,1-2H3;2-4,6-7,15H,5H2,1H3;1-2H3. The molecule has 0 spiro atoms. The number of carbonyl (C=O) groups is 5. The van der Waals surface area contributed by atoms with Gasteiger partial charge in [-0.25, -0.2) is 0 Å². The molecular formula is C32H30Cl2O10. The summed E-state index contributed by atoms with van der Waals surface area (Å²) in [5.41, 5.74) is 1.77. The fourth-order valence-corrected chi connectivity index (χ4v) is 5.89. The molecule has 44 heavy (non-hydrogen) atoms. The third-order valence-corrected chi connectivity index (χ3v) is 8.00. The molecule has 1 N–H and O–H groups in total. The van der Waals surface area contributed by atoms with E-state index in [1.807, 2.05) is 0 Å². The van der Waals surface area contributed by atoms with Crippen LogP contribution in [0.4, 0.5) is 0 Å². The van der Waals surface area contributed by atoms with Crippen molar-refractivity contribution in [3.05, 3.63) is 69.1 Å². The number of hydrogen-bond acceptors (Lipinski definition) is 10. The van der Waals surface area contributed by atoms with Crippen LogP contribution in [-0.4, -0.2) is 48.8 Å². The van der Waals surface area contributed by atoms with Crippen molar-refractivity contribution in [1.29, 1.82) is 0 Å². The molecular weight excluding hydrogens is 615 g/mol. The van der Waals surface area contributed by atoms with Crippen molar-refractivity contribution in [2.75, 3.05) is 14.2 Å². The normalized spacial score (nSPS) is 22.1. The minimum Gasteiger partial charge on any atom is -0.511 e. The minimum atomic E-state index is -0.562. The van der Waals surface area contributed by atoms with Gasteiger partial charge in [-0.2, -0.15) is 0 Å². The summed E-state index contributed by atoms with van der Waals surface area (Å²) in [6.45, 7) is 3.69. The monoisotopic (exact) mass is 644 g/mol. The van der Waals surface area contributed by atoms with Crippen LogP contribution in [0.5, 0.6) is 11.5 Å². The molecule has 2 saturated carbocycles. The Morgan fingerprint density at radius 3 is 1.57 bits per heavy atom. The van der Waals surface area contributed by atoms with Crippen molar-refractivity contribution in [2.24, 2.45) is 23.7 Å². The lowest BCUT2D eigenvalue weighted by molar-refractivity contribution is -0.156. The van der Waals surface area contributed by atoms with Crippen LogP contribution in [0, 0.1) is 23.7 Å². The highest BCUT2D eigenvalue weighted by molar-refractivity contribution is 6.37. The second-order valence-electron chi connectivity index (χ2n) is 10.4. The van der Waals surface area contributed by atoms with Crippen LogP contribution in [0.1, 0.15) is 44.7 Å². The Bertz CT molecular complexity index is 1610. The summed E-state index contributed by atoms with van der Waals surface area (Å²) >= 11 is 12.3. The van der Waals surface area contributed by atoms with Crippen molar-refractivity contribution in [1.82, 2.24) is 0 Å². The summed E-state index contributed by atoms with van der Waals surface area (Å²) in [6.07, 6.45) is 1.51. The number of aliphatic hydroxyl groups is 1. The van der Waals surface area contributed by atoms with Gasteiger partial charge in [0.25, 0.3) is 0 Å². The smallest absolute Gasteiger partial charge is 0.310 e. The quantitative estimate of drug-likeness (QED) is 0.314. The average molecular weight is 645 g/mol. The van der Waals surface area contributed by atoms with Crippen molar-refractivity contribution < 1.29 is 48.0 Å². The van der Waals surface area contributed by atoms with E-state index in [0.29, 0.717) is 49.6 Å². The van der Waals surface area contributed by atoms with Gasteiger partial charge >= 0.3 is 17.9 Å². The number of rotatable bonds is 5. The molecule has 6 rings (SSSR count). The number of ether oxygens (including phenoxy) is 4. The molecule has 4 aliphatic carbocycles. The first-order chi connectivity index (χ1) is 20.8. The second kappa shape index (κ2) is 13.2. The Morgan fingerprint density at radius 1 is 0.705 bits per heavy atom. The van der Waals surface area contributed by atoms with Gasteiger partial charge < -0.3 is 24.1 Å². The van der Waals surface area contributed by atoms with Crippen LogP contribution < -0.4 is 9.47 Å². The number of carbonyl (C=O) groups excluding carboxylic acids is 5. The number of halogens is 2. The highest BCUT2D eigenvalue weighted by Gasteiger charge is 2.56. The van der Waals surface area contributed by atoms with E-state index in [1.54, 1.807) is 36.4 Å². The van der Waals surface area contributed by atoms with E-state index in [2.05, 4.69) is 4.74 Å². The predicted molar refractivity (Wildman–Crippen MR) is 160 cm³/mol. The summed E-state index contributed by atoms with van der Waals surface area (Å²) < 4.78 is 19.7. The highest BCUT2D eigenvalue weighted by Crippen LogP contribution is 2.57. The van der Waals surface area contributed by atoms with E-state index in [9.17, 15) is 29.1 Å². The summed E-state index contributed by atoms with van der Waals surface area (Å²) in [6, 6.07) is 10.3. The first-order valence-corrected chi connectivity index (χ1v) is 14.4. The number of methoxy groups -OCH3 is 2. The number of Topliss-reactive ketones (excluding diaryl/α,β-unsaturated/α-hetero) is 2. The zero-order valence-corrected chi connectivity index (χ0v) is 26.1. The Morgan fingerprint density at radius 2 is 1.16 bits per heavy atom. The Balaban J connectivity index is 0.000000168. The van der Waals surface area contributed by atoms with Gasteiger partial charge in [0.05, 0.1) is 35.4 Å². The van der Waals surface area contributed by atoms with Gasteiger partial charge in [0.1, 0.15) is 23.0 Å². The van der Waals surface area contributed by atoms with Gasteiger partial charge in [0, 0.05) is 55.6 Å². The van der Waals surface area contributed by atoms with Crippen LogP contribution in [0.15, 0.2) is 47.9 Å². The molecule has 0 heterocycles. The van der Waals surface area contributed by atoms with E-state index in [-0.39, 0.29) is 41.0 Å². The van der Waals surface area contributed by atoms with Crippen molar-refractivity contribution in [3.8, 4) is 11.5 Å². The third kappa shape index (κ3) is 6.66. The zero-order chi connectivity index (χ0) is 32.5. The number of ketones is 2. The lowest BCUT2D eigenvalue weighted by Crippen LogP contribution is -2.07. The van der Waals surface area contributed by atoms with Gasteiger partial charge in [-0.05, 0) is 37.1 Å². The van der Waals surface area contributed by atoms with Crippen LogP contribution >= 0.6 is 23.2 Å². The van der Waals surface area contributed by atoms with Gasteiger partial charge in [0.2, 0.25) is 0 Å². The van der Waals surface area contributed by atoms with Crippen LogP contribution in [0.3, 0.4) is 0 Å². The van der Waals surface area contributed by atoms with Crippen LogP contribution in [0.25, 0.3) is 11.1 Å². The summed E-state index contributed by atoms with van der Waals surface area (Å²) in [5.74, 6) is -0.0154. The third-order valence-electron chi connectivity index (χ3n) is 7.37. The maximum absolute atomic E-state index is 12.4.